The van der Waals surface area contributed by atoms with Crippen molar-refractivity contribution in [3.63, 3.8) is 0 Å². The molecular formula is C71H70N4O19. The largest absolute Gasteiger partial charge is 0.461 e. The van der Waals surface area contributed by atoms with Gasteiger partial charge in [0, 0.05) is 72.5 Å². The van der Waals surface area contributed by atoms with Gasteiger partial charge < -0.3 is 58.4 Å². The maximum absolute atomic E-state index is 16.6. The van der Waals surface area contributed by atoms with Crippen molar-refractivity contribution in [2.24, 2.45) is 21.7 Å². The average Bonchev–Trinajstić information content (AvgIpc) is 0.785. The quantitative estimate of drug-likeness (QED) is 0.0363. The van der Waals surface area contributed by atoms with Gasteiger partial charge in [-0.05, 0) is 73.4 Å². The number of carbonyl (C=O) groups is 8. The first kappa shape index (κ1) is 64.6. The van der Waals surface area contributed by atoms with Crippen molar-refractivity contribution in [2.45, 2.75) is 147 Å². The number of pyridine rings is 2. The van der Waals surface area contributed by atoms with E-state index in [-0.39, 0.29) is 65.9 Å². The number of carbonyl (C=O) groups excluding carboxylic acids is 8. The molecule has 6 aromatic rings. The second kappa shape index (κ2) is 24.4. The van der Waals surface area contributed by atoms with E-state index in [1.54, 1.807) is 116 Å². The summed E-state index contributed by atoms with van der Waals surface area (Å²) >= 11 is 0. The molecule has 12 rings (SSSR count). The summed E-state index contributed by atoms with van der Waals surface area (Å²) < 4.78 is 44.7. The number of nitrogens with one attached hydrogen (secondary N) is 1. The molecule has 488 valence electrons. The summed E-state index contributed by atoms with van der Waals surface area (Å²) in [5, 5.41) is 41.3. The van der Waals surface area contributed by atoms with Crippen LogP contribution in [0.15, 0.2) is 142 Å². The number of amides is 1. The lowest BCUT2D eigenvalue weighted by atomic mass is 9.44. The van der Waals surface area contributed by atoms with Crippen LogP contribution in [-0.4, -0.2) is 140 Å². The number of Topliss-reactive ketones (excluding diaryl/α,β-unsaturated/α-hetero) is 1. The molecule has 3 aliphatic heterocycles. The van der Waals surface area contributed by atoms with E-state index in [4.69, 9.17) is 43.1 Å². The van der Waals surface area contributed by atoms with Crippen molar-refractivity contribution in [1.82, 2.24) is 14.9 Å². The van der Waals surface area contributed by atoms with Crippen LogP contribution in [0, 0.1) is 16.7 Å². The van der Waals surface area contributed by atoms with Crippen LogP contribution in [0.4, 0.5) is 0 Å². The molecule has 2 saturated carbocycles. The maximum atomic E-state index is 16.6. The number of hydrogen-bond acceptors (Lipinski definition) is 21. The molecule has 12 atom stereocenters. The van der Waals surface area contributed by atoms with Crippen LogP contribution in [0.25, 0.3) is 22.3 Å². The van der Waals surface area contributed by atoms with Crippen LogP contribution in [0.1, 0.15) is 129 Å². The second-order valence-corrected chi connectivity index (χ2v) is 25.6. The minimum absolute atomic E-state index is 0.00294. The molecule has 4 N–H and O–H groups in total. The standard InChI is InChI=1S/C71H70N4O19/c1-8-69(86)47-30-49-56-45(34-75(49)63(82)46(47)35-88-66(69)85)44(43-26-18-19-27-48(43)73-56)33-72-29-28-53(78)92-51-31-52-70(36-89-52,94-39(4)77)59-61(93-64(83)42-24-16-11-17-25-42)71(87)32-50(37(2)54(67(71,5)6)58(90-38(3)76)60(80)68(51,59)7)91-65(84)57(79)55(40-20-12-9-13-21-40)74-62(81)41-22-14-10-15-23-41/h9-27,30,33,50-52,55,57-59,61,79,86-87H,8,28-29,31-32,34-36H2,1-7H3,(H,74,81)/t50-,51-,52+,55-,57+,58+,59-,61-,68+,69-,70-,71+/m0/s1. The predicted molar refractivity (Wildman–Crippen MR) is 333 cm³/mol. The summed E-state index contributed by atoms with van der Waals surface area (Å²) in [4.78, 5) is 139. The average molecular weight is 1280 g/mol. The zero-order valence-corrected chi connectivity index (χ0v) is 52.6. The Balaban J connectivity index is 0.917. The number of hydrogen-bond donors (Lipinski definition) is 4. The number of nitrogens with zero attached hydrogens (tertiary/aromatic N) is 3. The number of fused-ring (bicyclic) bond motifs is 10. The van der Waals surface area contributed by atoms with Gasteiger partial charge in [-0.15, -0.1) is 0 Å². The summed E-state index contributed by atoms with van der Waals surface area (Å²) in [6.45, 7) is 8.86. The van der Waals surface area contributed by atoms with Crippen LogP contribution in [0.3, 0.4) is 0 Å². The van der Waals surface area contributed by atoms with Crippen molar-refractivity contribution in [1.29, 1.82) is 0 Å². The molecule has 0 unspecified atom stereocenters. The number of aromatic nitrogens is 2. The molecule has 94 heavy (non-hydrogen) atoms. The lowest BCUT2D eigenvalue weighted by Gasteiger charge is -2.67. The third-order valence-electron chi connectivity index (χ3n) is 20.0. The molecule has 0 radical (unpaired) electrons. The fourth-order valence-electron chi connectivity index (χ4n) is 15.1. The number of aliphatic hydroxyl groups excluding tert-OH is 1. The molecule has 3 aliphatic carbocycles. The number of cyclic esters (lactones) is 1. The highest BCUT2D eigenvalue weighted by molar-refractivity contribution is 6.03. The van der Waals surface area contributed by atoms with Crippen LogP contribution in [0.2, 0.25) is 0 Å². The Morgan fingerprint density at radius 1 is 0.830 bits per heavy atom. The molecule has 3 fully saturated rings. The first-order valence-corrected chi connectivity index (χ1v) is 31.1. The SMILES string of the molecule is CC[C@@]1(O)C(=O)OCc2c1cc1n(c2=O)Cc2c-1nc1ccccc1c2C=NCCC(=O)O[C@H]1C[C@H]2OC[C@@]2(OC(C)=O)[C@H]2[C@H](OC(=O)c3ccccc3)[C@]3(O)C[C@H](OC(=O)[C@H](O)[C@@H](NC(=O)c4ccccc4)c4ccccc4)C(C)=C([C@@H](OC(C)=O)C(=O)[C@]12C)C3(C)C. The number of ether oxygens (including phenoxy) is 7. The Kier molecular flexibility index (Phi) is 16.8. The summed E-state index contributed by atoms with van der Waals surface area (Å²) in [6.07, 6.45) is -10.4. The number of ketones is 1. The number of aliphatic imine (C=N–C) groups is 1. The molecule has 0 spiro atoms. The topological polar surface area (TPSA) is 321 Å². The van der Waals surface area contributed by atoms with Crippen LogP contribution in [-0.2, 0) is 80.7 Å². The van der Waals surface area contributed by atoms with Gasteiger partial charge in [-0.2, -0.15) is 0 Å². The number of benzene rings is 4. The van der Waals surface area contributed by atoms with Gasteiger partial charge in [-0.3, -0.25) is 33.8 Å². The highest BCUT2D eigenvalue weighted by atomic mass is 16.6. The fraction of sp³-hybridized carbons (Fsp3) is 0.394. The predicted octanol–water partition coefficient (Wildman–Crippen LogP) is 6.19. The van der Waals surface area contributed by atoms with Crippen molar-refractivity contribution in [2.75, 3.05) is 13.2 Å². The normalized spacial score (nSPS) is 27.6. The van der Waals surface area contributed by atoms with Crippen LogP contribution < -0.4 is 10.9 Å². The number of rotatable bonds is 16. The van der Waals surface area contributed by atoms with Gasteiger partial charge in [0.2, 0.25) is 0 Å². The number of para-hydroxylation sites is 1. The van der Waals surface area contributed by atoms with Crippen LogP contribution in [0.5, 0.6) is 0 Å². The highest BCUT2D eigenvalue weighted by Gasteiger charge is 2.79. The molecule has 1 saturated heterocycles. The number of esters is 6. The zero-order valence-electron chi connectivity index (χ0n) is 52.6. The van der Waals surface area contributed by atoms with E-state index in [1.165, 1.54) is 44.4 Å². The van der Waals surface area contributed by atoms with E-state index >= 15 is 4.79 Å². The van der Waals surface area contributed by atoms with E-state index in [0.717, 1.165) is 13.8 Å². The molecule has 2 aromatic heterocycles. The summed E-state index contributed by atoms with van der Waals surface area (Å²) in [5.74, 6) is -9.20. The van der Waals surface area contributed by atoms with Crippen molar-refractivity contribution in [3.8, 4) is 11.4 Å². The molecular weight excluding hydrogens is 1210 g/mol. The van der Waals surface area contributed by atoms with Gasteiger partial charge >= 0.3 is 35.8 Å². The monoisotopic (exact) mass is 1280 g/mol. The first-order chi connectivity index (χ1) is 44.8. The van der Waals surface area contributed by atoms with E-state index in [0.29, 0.717) is 39.0 Å². The maximum Gasteiger partial charge on any atom is 0.343 e. The molecule has 6 aliphatic rings. The van der Waals surface area contributed by atoms with Gasteiger partial charge in [0.15, 0.2) is 29.2 Å². The van der Waals surface area contributed by atoms with Gasteiger partial charge in [0.05, 0.1) is 65.0 Å². The fourth-order valence-corrected chi connectivity index (χ4v) is 15.1. The molecule has 23 heteroatoms. The minimum Gasteiger partial charge on any atom is -0.461 e. The van der Waals surface area contributed by atoms with Crippen molar-refractivity contribution < 1.29 is 86.8 Å². The molecule has 2 bridgehead atoms. The third kappa shape index (κ3) is 10.6. The molecule has 1 amide bonds. The van der Waals surface area contributed by atoms with Crippen LogP contribution >= 0.6 is 0 Å². The van der Waals surface area contributed by atoms with Crippen molar-refractivity contribution in [3.05, 3.63) is 182 Å². The third-order valence-corrected chi connectivity index (χ3v) is 20.0. The van der Waals surface area contributed by atoms with E-state index in [1.807, 2.05) is 6.07 Å². The van der Waals surface area contributed by atoms with Gasteiger partial charge in [-0.1, -0.05) is 106 Å². The Bertz CT molecular complexity index is 4250. The minimum atomic E-state index is -2.56. The molecule has 5 heterocycles. The number of aliphatic hydroxyl groups is 3. The highest BCUT2D eigenvalue weighted by Crippen LogP contribution is 2.65. The zero-order chi connectivity index (χ0) is 67.0. The van der Waals surface area contributed by atoms with Gasteiger partial charge in [-0.25, -0.2) is 19.4 Å². The Morgan fingerprint density at radius 3 is 2.14 bits per heavy atom. The summed E-state index contributed by atoms with van der Waals surface area (Å²) in [7, 11) is 0. The smallest absolute Gasteiger partial charge is 0.343 e. The molecule has 23 nitrogen and oxygen atoms in total. The van der Waals surface area contributed by atoms with Gasteiger partial charge in [0.1, 0.15) is 36.6 Å². The van der Waals surface area contributed by atoms with E-state index in [2.05, 4.69) is 5.32 Å². The Labute approximate surface area is 539 Å². The van der Waals surface area contributed by atoms with E-state index in [9.17, 15) is 53.7 Å². The second-order valence-electron chi connectivity index (χ2n) is 25.6. The van der Waals surface area contributed by atoms with E-state index < -0.39 is 149 Å². The Hall–Kier alpha value is -9.55. The van der Waals surface area contributed by atoms with Gasteiger partial charge in [0.25, 0.3) is 11.5 Å². The summed E-state index contributed by atoms with van der Waals surface area (Å²) in [5.41, 5.74) is -7.77. The molecule has 4 aromatic carbocycles. The summed E-state index contributed by atoms with van der Waals surface area (Å²) in [6, 6.07) is 31.4. The Morgan fingerprint density at radius 2 is 1.49 bits per heavy atom. The lowest BCUT2D eigenvalue weighted by molar-refractivity contribution is -0.346. The van der Waals surface area contributed by atoms with Crippen molar-refractivity contribution >= 4 is 64.6 Å². The lowest BCUT2D eigenvalue weighted by Crippen LogP contribution is -2.82. The first-order valence-electron chi connectivity index (χ1n) is 31.1.